The van der Waals surface area contributed by atoms with Crippen LogP contribution in [0.5, 0.6) is 0 Å². The number of aliphatic imine (C=N–C) groups is 1. The monoisotopic (exact) mass is 205 g/mol. The number of alkyl halides is 1. The minimum absolute atomic E-state index is 0.00579. The first-order chi connectivity index (χ1) is 4.61. The van der Waals surface area contributed by atoms with Gasteiger partial charge in [0.2, 0.25) is 5.91 Å². The van der Waals surface area contributed by atoms with Gasteiger partial charge in [0.15, 0.2) is 4.83 Å². The van der Waals surface area contributed by atoms with Crippen LogP contribution in [0.25, 0.3) is 0 Å². The molecule has 0 aromatic heterocycles. The SMILES string of the molecule is NC1=NC(=O)NC(=O)C1Br. The Balaban J connectivity index is 2.91. The molecule has 1 atom stereocenters. The largest absolute Gasteiger partial charge is 0.386 e. The highest BCUT2D eigenvalue weighted by Gasteiger charge is 2.25. The smallest absolute Gasteiger partial charge is 0.349 e. The van der Waals surface area contributed by atoms with E-state index in [1.54, 1.807) is 0 Å². The maximum Gasteiger partial charge on any atom is 0.349 e. The highest BCUT2D eigenvalue weighted by atomic mass is 79.9. The lowest BCUT2D eigenvalue weighted by Crippen LogP contribution is -2.46. The highest BCUT2D eigenvalue weighted by molar-refractivity contribution is 9.10. The molecule has 1 unspecified atom stereocenters. The van der Waals surface area contributed by atoms with E-state index >= 15 is 0 Å². The van der Waals surface area contributed by atoms with Gasteiger partial charge in [-0.25, -0.2) is 4.79 Å². The summed E-state index contributed by atoms with van der Waals surface area (Å²) in [7, 11) is 0. The van der Waals surface area contributed by atoms with Crippen molar-refractivity contribution >= 4 is 33.7 Å². The molecular weight excluding hydrogens is 202 g/mol. The van der Waals surface area contributed by atoms with E-state index in [-0.39, 0.29) is 5.84 Å². The fourth-order valence-electron chi connectivity index (χ4n) is 0.505. The number of hydrogen-bond donors (Lipinski definition) is 2. The van der Waals surface area contributed by atoms with Crippen LogP contribution in [0.1, 0.15) is 0 Å². The third-order valence-electron chi connectivity index (χ3n) is 0.951. The van der Waals surface area contributed by atoms with Crippen molar-refractivity contribution in [1.29, 1.82) is 0 Å². The molecule has 0 aliphatic carbocycles. The predicted molar refractivity (Wildman–Crippen MR) is 37.9 cm³/mol. The molecule has 0 fully saturated rings. The molecule has 0 aromatic rings. The number of carbonyl (C=O) groups excluding carboxylic acids is 2. The van der Waals surface area contributed by atoms with Crippen LogP contribution in [-0.2, 0) is 4.79 Å². The molecule has 3 amide bonds. The molecule has 1 aliphatic rings. The number of halogens is 1. The number of amides is 3. The Bertz CT molecular complexity index is 225. The highest BCUT2D eigenvalue weighted by Crippen LogP contribution is 2.03. The van der Waals surface area contributed by atoms with E-state index in [4.69, 9.17) is 5.73 Å². The van der Waals surface area contributed by atoms with E-state index in [0.29, 0.717) is 0 Å². The fraction of sp³-hybridized carbons (Fsp3) is 0.250. The Hall–Kier alpha value is -0.910. The number of hydrogen-bond acceptors (Lipinski definition) is 3. The van der Waals surface area contributed by atoms with Gasteiger partial charge >= 0.3 is 6.03 Å². The van der Waals surface area contributed by atoms with E-state index in [1.807, 2.05) is 5.32 Å². The van der Waals surface area contributed by atoms with Crippen molar-refractivity contribution in [3.8, 4) is 0 Å². The summed E-state index contributed by atoms with van der Waals surface area (Å²) in [6.07, 6.45) is 0. The zero-order valence-corrected chi connectivity index (χ0v) is 6.38. The van der Waals surface area contributed by atoms with Gasteiger partial charge in [-0.2, -0.15) is 4.99 Å². The average molecular weight is 206 g/mol. The zero-order chi connectivity index (χ0) is 7.72. The number of nitrogens with zero attached hydrogens (tertiary/aromatic N) is 1. The van der Waals surface area contributed by atoms with E-state index in [1.165, 1.54) is 0 Å². The van der Waals surface area contributed by atoms with Crippen molar-refractivity contribution in [2.24, 2.45) is 10.7 Å². The number of nitrogens with one attached hydrogen (secondary N) is 1. The van der Waals surface area contributed by atoms with Crippen molar-refractivity contribution in [3.05, 3.63) is 0 Å². The second-order valence-electron chi connectivity index (χ2n) is 1.69. The molecule has 3 N–H and O–H groups in total. The quantitative estimate of drug-likeness (QED) is 0.516. The standard InChI is InChI=1S/C4H4BrN3O2/c5-1-2(6)7-4(10)8-3(1)9/h1H,(H3,6,7,8,9,10). The van der Waals surface area contributed by atoms with Crippen LogP contribution in [0.4, 0.5) is 4.79 Å². The minimum atomic E-state index is -0.710. The molecule has 0 radical (unpaired) electrons. The van der Waals surface area contributed by atoms with Crippen molar-refractivity contribution in [2.75, 3.05) is 0 Å². The van der Waals surface area contributed by atoms with Gasteiger partial charge in [0, 0.05) is 0 Å². The van der Waals surface area contributed by atoms with Crippen LogP contribution >= 0.6 is 15.9 Å². The maximum absolute atomic E-state index is 10.7. The summed E-state index contributed by atoms with van der Waals surface area (Å²) in [4.78, 5) is 23.7. The van der Waals surface area contributed by atoms with Gasteiger partial charge in [-0.15, -0.1) is 0 Å². The minimum Gasteiger partial charge on any atom is -0.386 e. The zero-order valence-electron chi connectivity index (χ0n) is 4.80. The summed E-state index contributed by atoms with van der Waals surface area (Å²) in [6, 6.07) is -0.710. The van der Waals surface area contributed by atoms with Crippen LogP contribution < -0.4 is 11.1 Å². The third kappa shape index (κ3) is 1.15. The summed E-state index contributed by atoms with van der Waals surface area (Å²) in [5.74, 6) is -0.480. The van der Waals surface area contributed by atoms with E-state index in [0.717, 1.165) is 0 Å². The molecule has 5 nitrogen and oxygen atoms in total. The van der Waals surface area contributed by atoms with Crippen LogP contribution in [0.2, 0.25) is 0 Å². The molecule has 0 saturated carbocycles. The number of carbonyl (C=O) groups is 2. The molecule has 1 aliphatic heterocycles. The van der Waals surface area contributed by atoms with Gasteiger partial charge in [0.05, 0.1) is 0 Å². The second kappa shape index (κ2) is 2.37. The molecule has 0 bridgehead atoms. The molecular formula is C4H4BrN3O2. The van der Waals surface area contributed by atoms with Crippen molar-refractivity contribution in [2.45, 2.75) is 4.83 Å². The molecule has 0 saturated heterocycles. The first-order valence-electron chi connectivity index (χ1n) is 2.44. The number of rotatable bonds is 0. The number of amidine groups is 1. The third-order valence-corrected chi connectivity index (χ3v) is 1.84. The van der Waals surface area contributed by atoms with E-state index in [9.17, 15) is 9.59 Å². The second-order valence-corrected chi connectivity index (χ2v) is 2.61. The molecule has 1 heterocycles. The van der Waals surface area contributed by atoms with Crippen LogP contribution in [-0.4, -0.2) is 22.6 Å². The Morgan fingerprint density at radius 1 is 1.60 bits per heavy atom. The lowest BCUT2D eigenvalue weighted by molar-refractivity contribution is -0.118. The Morgan fingerprint density at radius 3 is 2.70 bits per heavy atom. The van der Waals surface area contributed by atoms with Crippen LogP contribution in [0.15, 0.2) is 4.99 Å². The van der Waals surface area contributed by atoms with Gasteiger partial charge in [0.25, 0.3) is 0 Å². The average Bonchev–Trinajstić information content (AvgIpc) is 1.82. The summed E-state index contributed by atoms with van der Waals surface area (Å²) < 4.78 is 0. The van der Waals surface area contributed by atoms with Crippen molar-refractivity contribution in [3.63, 3.8) is 0 Å². The Labute approximate surface area is 64.8 Å². The summed E-state index contributed by atoms with van der Waals surface area (Å²) in [5.41, 5.74) is 5.18. The van der Waals surface area contributed by atoms with Crippen LogP contribution in [0.3, 0.4) is 0 Å². The molecule has 6 heteroatoms. The Morgan fingerprint density at radius 2 is 2.20 bits per heavy atom. The molecule has 1 rings (SSSR count). The molecule has 54 valence electrons. The molecule has 0 aromatic carbocycles. The van der Waals surface area contributed by atoms with Gasteiger partial charge < -0.3 is 5.73 Å². The van der Waals surface area contributed by atoms with Gasteiger partial charge in [-0.05, 0) is 0 Å². The fourth-order valence-corrected chi connectivity index (χ4v) is 0.722. The summed E-state index contributed by atoms with van der Waals surface area (Å²) in [6.45, 7) is 0. The summed E-state index contributed by atoms with van der Waals surface area (Å²) in [5, 5.41) is 1.97. The number of nitrogens with two attached hydrogens (primary N) is 1. The predicted octanol–water partition coefficient (Wildman–Crippen LogP) is -0.643. The topological polar surface area (TPSA) is 84.5 Å². The number of imide groups is 1. The van der Waals surface area contributed by atoms with Gasteiger partial charge in [0.1, 0.15) is 5.84 Å². The maximum atomic E-state index is 10.7. The van der Waals surface area contributed by atoms with Gasteiger partial charge in [-0.3, -0.25) is 10.1 Å². The normalized spacial score (nSPS) is 25.7. The lowest BCUT2D eigenvalue weighted by atomic mass is 10.3. The lowest BCUT2D eigenvalue weighted by Gasteiger charge is -2.12. The van der Waals surface area contributed by atoms with Crippen molar-refractivity contribution < 1.29 is 9.59 Å². The number of urea groups is 1. The van der Waals surface area contributed by atoms with E-state index in [2.05, 4.69) is 20.9 Å². The molecule has 10 heavy (non-hydrogen) atoms. The molecule has 0 spiro atoms. The first kappa shape index (κ1) is 7.20. The van der Waals surface area contributed by atoms with Gasteiger partial charge in [-0.1, -0.05) is 15.9 Å². The van der Waals surface area contributed by atoms with E-state index < -0.39 is 16.8 Å². The van der Waals surface area contributed by atoms with Crippen molar-refractivity contribution in [1.82, 2.24) is 5.32 Å². The Kier molecular flexibility index (Phi) is 1.71. The summed E-state index contributed by atoms with van der Waals surface area (Å²) >= 11 is 2.93. The van der Waals surface area contributed by atoms with Crippen LogP contribution in [0, 0.1) is 0 Å². The first-order valence-corrected chi connectivity index (χ1v) is 3.36.